The summed E-state index contributed by atoms with van der Waals surface area (Å²) in [7, 11) is 0. The number of ether oxygens (including phenoxy) is 1. The van der Waals surface area contributed by atoms with E-state index in [-0.39, 0.29) is 12.2 Å². The molecule has 1 heterocycles. The Labute approximate surface area is 65.1 Å². The minimum Gasteiger partial charge on any atom is -0.368 e. The first-order chi connectivity index (χ1) is 5.34. The lowest BCUT2D eigenvalue weighted by Crippen LogP contribution is -2.42. The predicted molar refractivity (Wildman–Crippen MR) is 37.8 cm³/mol. The number of carbonyl (C=O) groups is 1. The van der Waals surface area contributed by atoms with E-state index in [1.54, 1.807) is 0 Å². The Balaban J connectivity index is 2.34. The maximum Gasteiger partial charge on any atom is 0.176 e. The number of hydrogen-bond acceptors (Lipinski definition) is 4. The van der Waals surface area contributed by atoms with Gasteiger partial charge in [-0.05, 0) is 0 Å². The van der Waals surface area contributed by atoms with Crippen LogP contribution >= 0.6 is 0 Å². The van der Waals surface area contributed by atoms with E-state index in [9.17, 15) is 4.79 Å². The molecule has 11 heavy (non-hydrogen) atoms. The lowest BCUT2D eigenvalue weighted by Gasteiger charge is -2.21. The Morgan fingerprint density at radius 1 is 1.82 bits per heavy atom. The van der Waals surface area contributed by atoms with Gasteiger partial charge in [-0.15, -0.1) is 0 Å². The summed E-state index contributed by atoms with van der Waals surface area (Å²) in [5, 5.41) is 11.2. The van der Waals surface area contributed by atoms with Crippen molar-refractivity contribution in [3.63, 3.8) is 0 Å². The van der Waals surface area contributed by atoms with E-state index >= 15 is 0 Å². The van der Waals surface area contributed by atoms with Crippen LogP contribution in [0.4, 0.5) is 0 Å². The van der Waals surface area contributed by atoms with Crippen LogP contribution in [0.3, 0.4) is 0 Å². The SMILES string of the molecule is N#CCC(=O)C1CNCCO1. The number of nitrogens with zero attached hydrogens (tertiary/aromatic N) is 1. The lowest BCUT2D eigenvalue weighted by molar-refractivity contribution is -0.130. The van der Waals surface area contributed by atoms with Gasteiger partial charge in [-0.3, -0.25) is 4.79 Å². The van der Waals surface area contributed by atoms with Crippen molar-refractivity contribution in [3.05, 3.63) is 0 Å². The molecular formula is C7H10N2O2. The zero-order chi connectivity index (χ0) is 8.10. The monoisotopic (exact) mass is 154 g/mol. The van der Waals surface area contributed by atoms with E-state index in [4.69, 9.17) is 10.00 Å². The minimum atomic E-state index is -0.400. The van der Waals surface area contributed by atoms with E-state index in [0.29, 0.717) is 13.2 Å². The van der Waals surface area contributed by atoms with Gasteiger partial charge in [0.15, 0.2) is 5.78 Å². The van der Waals surface area contributed by atoms with Crippen molar-refractivity contribution >= 4 is 5.78 Å². The molecule has 0 saturated carbocycles. The van der Waals surface area contributed by atoms with E-state index < -0.39 is 6.10 Å². The number of carbonyl (C=O) groups excluding carboxylic acids is 1. The lowest BCUT2D eigenvalue weighted by atomic mass is 10.1. The summed E-state index contributed by atoms with van der Waals surface area (Å²) in [4.78, 5) is 11.0. The average Bonchev–Trinajstić information content (AvgIpc) is 2.07. The van der Waals surface area contributed by atoms with Crippen molar-refractivity contribution in [3.8, 4) is 6.07 Å². The molecule has 4 heteroatoms. The van der Waals surface area contributed by atoms with Crippen LogP contribution in [-0.2, 0) is 9.53 Å². The summed E-state index contributed by atoms with van der Waals surface area (Å²) in [5.41, 5.74) is 0. The van der Waals surface area contributed by atoms with Crippen LogP contribution in [0.25, 0.3) is 0 Å². The van der Waals surface area contributed by atoms with E-state index in [2.05, 4.69) is 5.32 Å². The van der Waals surface area contributed by atoms with Gasteiger partial charge in [0, 0.05) is 13.1 Å². The topological polar surface area (TPSA) is 62.1 Å². The molecule has 0 bridgehead atoms. The Hall–Kier alpha value is -0.920. The zero-order valence-corrected chi connectivity index (χ0v) is 6.17. The molecule has 0 aromatic heterocycles. The van der Waals surface area contributed by atoms with Crippen molar-refractivity contribution in [2.45, 2.75) is 12.5 Å². The molecule has 1 aliphatic rings. The molecule has 0 aromatic rings. The highest BCUT2D eigenvalue weighted by Gasteiger charge is 2.20. The molecule has 1 fully saturated rings. The van der Waals surface area contributed by atoms with E-state index in [0.717, 1.165) is 6.54 Å². The molecule has 1 atom stereocenters. The fourth-order valence-corrected chi connectivity index (χ4v) is 0.964. The average molecular weight is 154 g/mol. The first-order valence-electron chi connectivity index (χ1n) is 3.56. The fraction of sp³-hybridized carbons (Fsp3) is 0.714. The molecular weight excluding hydrogens is 144 g/mol. The highest BCUT2D eigenvalue weighted by atomic mass is 16.5. The van der Waals surface area contributed by atoms with Crippen LogP contribution in [-0.4, -0.2) is 31.6 Å². The molecule has 1 unspecified atom stereocenters. The molecule has 4 nitrogen and oxygen atoms in total. The maximum atomic E-state index is 11.0. The quantitative estimate of drug-likeness (QED) is 0.580. The third kappa shape index (κ3) is 2.30. The van der Waals surface area contributed by atoms with Gasteiger partial charge in [0.05, 0.1) is 19.1 Å². The predicted octanol–water partition coefficient (Wildman–Crippen LogP) is -0.542. The van der Waals surface area contributed by atoms with E-state index in [1.807, 2.05) is 6.07 Å². The summed E-state index contributed by atoms with van der Waals surface area (Å²) < 4.78 is 5.13. The molecule has 60 valence electrons. The van der Waals surface area contributed by atoms with Crippen LogP contribution in [0.15, 0.2) is 0 Å². The minimum absolute atomic E-state index is 0.0493. The van der Waals surface area contributed by atoms with Crippen LogP contribution in [0.1, 0.15) is 6.42 Å². The largest absolute Gasteiger partial charge is 0.368 e. The van der Waals surface area contributed by atoms with E-state index in [1.165, 1.54) is 0 Å². The number of ketones is 1. The highest BCUT2D eigenvalue weighted by Crippen LogP contribution is 1.99. The molecule has 1 aliphatic heterocycles. The standard InChI is InChI=1S/C7H10N2O2/c8-2-1-6(10)7-5-9-3-4-11-7/h7,9H,1,3-5H2. The fourth-order valence-electron chi connectivity index (χ4n) is 0.964. The van der Waals surface area contributed by atoms with Gasteiger partial charge in [0.1, 0.15) is 6.10 Å². The van der Waals surface area contributed by atoms with Crippen molar-refractivity contribution < 1.29 is 9.53 Å². The number of morpholine rings is 1. The van der Waals surface area contributed by atoms with Gasteiger partial charge in [-0.25, -0.2) is 0 Å². The smallest absolute Gasteiger partial charge is 0.176 e. The molecule has 0 aliphatic carbocycles. The Morgan fingerprint density at radius 2 is 2.64 bits per heavy atom. The van der Waals surface area contributed by atoms with Crippen LogP contribution in [0.5, 0.6) is 0 Å². The maximum absolute atomic E-state index is 11.0. The second-order valence-electron chi connectivity index (χ2n) is 2.36. The van der Waals surface area contributed by atoms with Gasteiger partial charge in [0.2, 0.25) is 0 Å². The summed E-state index contributed by atoms with van der Waals surface area (Å²) in [6.45, 7) is 1.89. The summed E-state index contributed by atoms with van der Waals surface area (Å²) in [6.07, 6.45) is -0.449. The zero-order valence-electron chi connectivity index (χ0n) is 6.17. The van der Waals surface area contributed by atoms with Gasteiger partial charge < -0.3 is 10.1 Å². The molecule has 0 radical (unpaired) electrons. The van der Waals surface area contributed by atoms with Crippen LogP contribution in [0.2, 0.25) is 0 Å². The second-order valence-corrected chi connectivity index (χ2v) is 2.36. The van der Waals surface area contributed by atoms with Crippen LogP contribution < -0.4 is 5.32 Å². The molecule has 1 saturated heterocycles. The van der Waals surface area contributed by atoms with Crippen molar-refractivity contribution in [1.29, 1.82) is 5.26 Å². The van der Waals surface area contributed by atoms with Gasteiger partial charge >= 0.3 is 0 Å². The van der Waals surface area contributed by atoms with Crippen molar-refractivity contribution in [2.75, 3.05) is 19.7 Å². The Kier molecular flexibility index (Phi) is 3.02. The van der Waals surface area contributed by atoms with Crippen molar-refractivity contribution in [2.24, 2.45) is 0 Å². The van der Waals surface area contributed by atoms with Gasteiger partial charge in [-0.2, -0.15) is 5.26 Å². The third-order valence-electron chi connectivity index (χ3n) is 1.54. The Bertz CT molecular complexity index is 179. The second kappa shape index (κ2) is 4.06. The number of nitrogens with one attached hydrogen (secondary N) is 1. The Morgan fingerprint density at radius 3 is 3.18 bits per heavy atom. The number of hydrogen-bond donors (Lipinski definition) is 1. The molecule has 0 aromatic carbocycles. The molecule has 0 amide bonds. The first kappa shape index (κ1) is 8.18. The number of nitriles is 1. The van der Waals surface area contributed by atoms with Gasteiger partial charge in [0.25, 0.3) is 0 Å². The molecule has 1 N–H and O–H groups in total. The number of Topliss-reactive ketones (excluding diaryl/α,β-unsaturated/α-hetero) is 1. The summed E-state index contributed by atoms with van der Waals surface area (Å²) >= 11 is 0. The highest BCUT2D eigenvalue weighted by molar-refractivity contribution is 5.85. The normalized spacial score (nSPS) is 24.1. The molecule has 0 spiro atoms. The number of rotatable bonds is 2. The van der Waals surface area contributed by atoms with Gasteiger partial charge in [-0.1, -0.05) is 0 Å². The first-order valence-corrected chi connectivity index (χ1v) is 3.56. The third-order valence-corrected chi connectivity index (χ3v) is 1.54. The molecule has 1 rings (SSSR count). The van der Waals surface area contributed by atoms with Crippen molar-refractivity contribution in [1.82, 2.24) is 5.32 Å². The summed E-state index contributed by atoms with van der Waals surface area (Å²) in [6, 6.07) is 1.81. The van der Waals surface area contributed by atoms with Crippen LogP contribution in [0, 0.1) is 11.3 Å². The summed E-state index contributed by atoms with van der Waals surface area (Å²) in [5.74, 6) is -0.125.